The molecular weight excluding hydrogens is 573 g/mol. The lowest BCUT2D eigenvalue weighted by molar-refractivity contribution is -0.136. The highest BCUT2D eigenvalue weighted by Crippen LogP contribution is 2.40. The second kappa shape index (κ2) is 12.4. The molecule has 2 atom stereocenters. The molecule has 5 N–H and O–H groups in total. The number of aromatic hydroxyl groups is 1. The van der Waals surface area contributed by atoms with E-state index in [1.165, 1.54) is 12.8 Å². The molecule has 1 aromatic carbocycles. The number of nitrogens with one attached hydrogen (secondary N) is 2. The lowest BCUT2D eigenvalue weighted by atomic mass is 9.95. The fraction of sp³-hybridized carbons (Fsp3) is 0.577. The van der Waals surface area contributed by atoms with Crippen LogP contribution in [0.15, 0.2) is 28.8 Å². The van der Waals surface area contributed by atoms with Gasteiger partial charge in [-0.15, -0.1) is 0 Å². The van der Waals surface area contributed by atoms with Gasteiger partial charge in [-0.25, -0.2) is 0 Å². The zero-order chi connectivity index (χ0) is 25.7. The van der Waals surface area contributed by atoms with Crippen LogP contribution in [0.25, 0.3) is 0 Å². The maximum Gasteiger partial charge on any atom is 0.227 e. The number of amides is 2. The summed E-state index contributed by atoms with van der Waals surface area (Å²) in [5.74, 6) is 1.28. The summed E-state index contributed by atoms with van der Waals surface area (Å²) in [5.41, 5.74) is 7.63. The molecule has 2 fully saturated rings. The summed E-state index contributed by atoms with van der Waals surface area (Å²) < 4.78 is 6.17. The normalized spacial score (nSPS) is 18.1. The lowest BCUT2D eigenvalue weighted by Crippen LogP contribution is -2.49. The van der Waals surface area contributed by atoms with Gasteiger partial charge in [0, 0.05) is 56.7 Å². The average Bonchev–Trinajstić information content (AvgIpc) is 3.59. The molecule has 4 rings (SSSR count). The van der Waals surface area contributed by atoms with Gasteiger partial charge in [0.1, 0.15) is 11.5 Å². The van der Waals surface area contributed by atoms with Crippen LogP contribution < -0.4 is 16.4 Å². The largest absolute Gasteiger partial charge is 0.507 e. The molecule has 1 aliphatic carbocycles. The summed E-state index contributed by atoms with van der Waals surface area (Å²) in [5, 5.41) is 20.5. The summed E-state index contributed by atoms with van der Waals surface area (Å²) in [6, 6.07) is 7.50. The van der Waals surface area contributed by atoms with E-state index in [-0.39, 0.29) is 42.5 Å². The lowest BCUT2D eigenvalue weighted by Gasteiger charge is -2.34. The highest BCUT2D eigenvalue weighted by molar-refractivity contribution is 14.1. The second-order valence-corrected chi connectivity index (χ2v) is 11.3. The summed E-state index contributed by atoms with van der Waals surface area (Å²) in [6.07, 6.45) is 4.82. The molecule has 1 saturated heterocycles. The predicted molar refractivity (Wildman–Crippen MR) is 144 cm³/mol. The summed E-state index contributed by atoms with van der Waals surface area (Å²) in [7, 11) is 0. The van der Waals surface area contributed by atoms with Crippen LogP contribution in [-0.2, 0) is 22.6 Å². The molecule has 2 aliphatic rings. The quantitative estimate of drug-likeness (QED) is 0.288. The number of carbonyl (C=O) groups excluding carboxylic acids is 2. The van der Waals surface area contributed by atoms with Crippen molar-refractivity contribution in [1.82, 2.24) is 20.7 Å². The number of likely N-dealkylation sites (tertiary alicyclic amines) is 1. The fourth-order valence-electron chi connectivity index (χ4n) is 4.59. The van der Waals surface area contributed by atoms with Gasteiger partial charge in [0.25, 0.3) is 0 Å². The summed E-state index contributed by atoms with van der Waals surface area (Å²) in [4.78, 5) is 27.6. The van der Waals surface area contributed by atoms with E-state index in [1.807, 2.05) is 17.0 Å². The molecule has 10 heteroatoms. The van der Waals surface area contributed by atoms with Gasteiger partial charge < -0.3 is 30.9 Å². The van der Waals surface area contributed by atoms with Crippen LogP contribution in [0, 0.1) is 9.49 Å². The third kappa shape index (κ3) is 7.66. The molecule has 196 valence electrons. The van der Waals surface area contributed by atoms with Gasteiger partial charge in [-0.1, -0.05) is 11.2 Å². The number of carbonyl (C=O) groups is 2. The van der Waals surface area contributed by atoms with Crippen molar-refractivity contribution in [2.24, 2.45) is 11.7 Å². The first kappa shape index (κ1) is 26.9. The molecule has 0 spiro atoms. The zero-order valence-electron chi connectivity index (χ0n) is 20.7. The van der Waals surface area contributed by atoms with Gasteiger partial charge in [0.15, 0.2) is 0 Å². The van der Waals surface area contributed by atoms with Crippen LogP contribution in [-0.4, -0.2) is 58.7 Å². The van der Waals surface area contributed by atoms with E-state index in [1.54, 1.807) is 13.0 Å². The van der Waals surface area contributed by atoms with E-state index in [0.717, 1.165) is 33.4 Å². The van der Waals surface area contributed by atoms with Crippen molar-refractivity contribution in [3.63, 3.8) is 0 Å². The molecule has 0 radical (unpaired) electrons. The Morgan fingerprint density at radius 2 is 2.00 bits per heavy atom. The standard InChI is InChI=1S/C26H36IN5O4/c1-16(28)10-25(34)30-14-19(11-17-2-5-23(33)22(27)12-17)26(35)32-8-6-20(7-9-32)29-15-21-13-24(36-31-21)18-3-4-18/h2,5,12-13,16,18-20,29,33H,3-4,6-11,14-15,28H2,1H3,(H,30,34)/t16-,19-/m1/s1. The van der Waals surface area contributed by atoms with Gasteiger partial charge >= 0.3 is 0 Å². The maximum atomic E-state index is 13.5. The molecule has 36 heavy (non-hydrogen) atoms. The highest BCUT2D eigenvalue weighted by Gasteiger charge is 2.30. The molecule has 2 amide bonds. The Kier molecular flexibility index (Phi) is 9.24. The van der Waals surface area contributed by atoms with Gasteiger partial charge in [0.05, 0.1) is 15.2 Å². The first-order valence-electron chi connectivity index (χ1n) is 12.8. The van der Waals surface area contributed by atoms with Gasteiger partial charge in [-0.05, 0) is 79.3 Å². The second-order valence-electron chi connectivity index (χ2n) is 10.1. The van der Waals surface area contributed by atoms with Crippen molar-refractivity contribution in [2.75, 3.05) is 19.6 Å². The van der Waals surface area contributed by atoms with Crippen LogP contribution in [0.2, 0.25) is 0 Å². The van der Waals surface area contributed by atoms with E-state index in [4.69, 9.17) is 10.3 Å². The molecule has 2 aromatic rings. The summed E-state index contributed by atoms with van der Waals surface area (Å²) >= 11 is 2.08. The number of nitrogens with zero attached hydrogens (tertiary/aromatic N) is 2. The number of rotatable bonds is 11. The van der Waals surface area contributed by atoms with E-state index >= 15 is 0 Å². The van der Waals surface area contributed by atoms with Crippen molar-refractivity contribution in [1.29, 1.82) is 0 Å². The topological polar surface area (TPSA) is 134 Å². The van der Waals surface area contributed by atoms with Crippen molar-refractivity contribution >= 4 is 34.4 Å². The number of phenolic OH excluding ortho intramolecular Hbond substituents is 1. The number of hydrogen-bond acceptors (Lipinski definition) is 7. The zero-order valence-corrected chi connectivity index (χ0v) is 22.9. The van der Waals surface area contributed by atoms with E-state index < -0.39 is 0 Å². The molecule has 1 aromatic heterocycles. The number of hydrogen-bond donors (Lipinski definition) is 4. The van der Waals surface area contributed by atoms with Gasteiger partial charge in [-0.2, -0.15) is 0 Å². The Bertz CT molecular complexity index is 1050. The first-order valence-corrected chi connectivity index (χ1v) is 13.8. The molecule has 1 saturated carbocycles. The van der Waals surface area contributed by atoms with Crippen molar-refractivity contribution in [3.05, 3.63) is 44.9 Å². The Hall–Kier alpha value is -2.18. The minimum atomic E-state index is -0.386. The van der Waals surface area contributed by atoms with Crippen molar-refractivity contribution < 1.29 is 19.2 Å². The van der Waals surface area contributed by atoms with Crippen molar-refractivity contribution in [3.8, 4) is 5.75 Å². The Labute approximate surface area is 225 Å². The third-order valence-corrected chi connectivity index (χ3v) is 7.70. The van der Waals surface area contributed by atoms with Crippen LogP contribution >= 0.6 is 22.6 Å². The van der Waals surface area contributed by atoms with Crippen LogP contribution in [0.3, 0.4) is 0 Å². The minimum absolute atomic E-state index is 0.0446. The average molecular weight is 610 g/mol. The Morgan fingerprint density at radius 3 is 2.67 bits per heavy atom. The summed E-state index contributed by atoms with van der Waals surface area (Å²) in [6.45, 7) is 4.05. The van der Waals surface area contributed by atoms with Crippen LogP contribution in [0.4, 0.5) is 0 Å². The number of piperidine rings is 1. The third-order valence-electron chi connectivity index (χ3n) is 6.83. The molecule has 1 aliphatic heterocycles. The highest BCUT2D eigenvalue weighted by atomic mass is 127. The first-order chi connectivity index (χ1) is 17.3. The van der Waals surface area contributed by atoms with Crippen LogP contribution in [0.5, 0.6) is 5.75 Å². The van der Waals surface area contributed by atoms with E-state index in [0.29, 0.717) is 38.0 Å². The monoisotopic (exact) mass is 609 g/mol. The van der Waals surface area contributed by atoms with Crippen LogP contribution in [0.1, 0.15) is 62.0 Å². The smallest absolute Gasteiger partial charge is 0.227 e. The Morgan fingerprint density at radius 1 is 1.25 bits per heavy atom. The molecule has 0 unspecified atom stereocenters. The van der Waals surface area contributed by atoms with Gasteiger partial charge in [0.2, 0.25) is 11.8 Å². The maximum absolute atomic E-state index is 13.5. The molecule has 9 nitrogen and oxygen atoms in total. The number of nitrogens with two attached hydrogens (primary N) is 1. The molecular formula is C26H36IN5O4. The SMILES string of the molecule is C[C@@H](N)CC(=O)NC[C@@H](Cc1ccc(O)c(I)c1)C(=O)N1CCC(NCc2cc(C3CC3)on2)CC1. The number of phenols is 1. The fourth-order valence-corrected chi connectivity index (χ4v) is 5.17. The van der Waals surface area contributed by atoms with Crippen molar-refractivity contribution in [2.45, 2.75) is 70.0 Å². The molecule has 2 heterocycles. The number of aromatic nitrogens is 1. The Balaban J connectivity index is 1.31. The number of benzene rings is 1. The molecule has 0 bridgehead atoms. The van der Waals surface area contributed by atoms with E-state index in [2.05, 4.69) is 44.4 Å². The minimum Gasteiger partial charge on any atom is -0.507 e. The predicted octanol–water partition coefficient (Wildman–Crippen LogP) is 2.66. The van der Waals surface area contributed by atoms with Gasteiger partial charge in [-0.3, -0.25) is 9.59 Å². The van der Waals surface area contributed by atoms with E-state index in [9.17, 15) is 14.7 Å². The number of halogens is 1.